The van der Waals surface area contributed by atoms with E-state index in [2.05, 4.69) is 58.3 Å². The van der Waals surface area contributed by atoms with Crippen LogP contribution in [-0.4, -0.2) is 74.8 Å². The Bertz CT molecular complexity index is 646. The third kappa shape index (κ3) is 6.69. The van der Waals surface area contributed by atoms with E-state index in [4.69, 9.17) is 9.47 Å². The largest absolute Gasteiger partial charge is 0.381 e. The molecule has 1 aromatic carbocycles. The van der Waals surface area contributed by atoms with Gasteiger partial charge < -0.3 is 19.7 Å². The smallest absolute Gasteiger partial charge is 0.193 e. The van der Waals surface area contributed by atoms with Crippen molar-refractivity contribution in [3.05, 3.63) is 35.4 Å². The first-order valence-corrected chi connectivity index (χ1v) is 11.1. The Kier molecular flexibility index (Phi) is 8.77. The molecule has 2 fully saturated rings. The molecule has 6 heteroatoms. The lowest BCUT2D eigenvalue weighted by Gasteiger charge is -2.29. The normalized spacial score (nSPS) is 21.5. The summed E-state index contributed by atoms with van der Waals surface area (Å²) in [6.45, 7) is 8.70. The molecule has 0 spiro atoms. The first-order chi connectivity index (χ1) is 14.2. The molecule has 0 bridgehead atoms. The van der Waals surface area contributed by atoms with Crippen molar-refractivity contribution in [2.24, 2.45) is 4.99 Å². The van der Waals surface area contributed by atoms with Gasteiger partial charge in [0.25, 0.3) is 0 Å². The van der Waals surface area contributed by atoms with Gasteiger partial charge in [-0.1, -0.05) is 31.2 Å². The highest BCUT2D eigenvalue weighted by atomic mass is 16.5. The van der Waals surface area contributed by atoms with Gasteiger partial charge in [-0.2, -0.15) is 0 Å². The summed E-state index contributed by atoms with van der Waals surface area (Å²) in [5.41, 5.74) is 2.48. The zero-order valence-corrected chi connectivity index (χ0v) is 18.4. The number of ether oxygens (including phenoxy) is 2. The molecule has 2 aliphatic heterocycles. The lowest BCUT2D eigenvalue weighted by molar-refractivity contribution is -0.0390. The molecule has 3 rings (SSSR count). The quantitative estimate of drug-likeness (QED) is 0.535. The third-order valence-electron chi connectivity index (χ3n) is 6.06. The second-order valence-corrected chi connectivity index (χ2v) is 8.15. The van der Waals surface area contributed by atoms with Crippen LogP contribution in [0.25, 0.3) is 0 Å². The Hall–Kier alpha value is -1.63. The molecule has 162 valence electrons. The van der Waals surface area contributed by atoms with Crippen molar-refractivity contribution in [2.75, 3.05) is 46.9 Å². The topological polar surface area (TPSA) is 49.3 Å². The first kappa shape index (κ1) is 22.1. The van der Waals surface area contributed by atoms with E-state index in [1.807, 2.05) is 7.05 Å². The average Bonchev–Trinajstić information content (AvgIpc) is 3.21. The van der Waals surface area contributed by atoms with Crippen LogP contribution in [-0.2, 0) is 22.6 Å². The fraction of sp³-hybridized carbons (Fsp3) is 0.696. The van der Waals surface area contributed by atoms with Crippen LogP contribution in [0.2, 0.25) is 0 Å². The lowest BCUT2D eigenvalue weighted by Crippen LogP contribution is -2.45. The number of likely N-dealkylation sites (N-methyl/N-ethyl adjacent to an activating group) is 2. The highest BCUT2D eigenvalue weighted by molar-refractivity contribution is 5.79. The molecule has 29 heavy (non-hydrogen) atoms. The highest BCUT2D eigenvalue weighted by Gasteiger charge is 2.24. The minimum atomic E-state index is 0.330. The van der Waals surface area contributed by atoms with Crippen molar-refractivity contribution in [1.29, 1.82) is 0 Å². The second kappa shape index (κ2) is 11.5. The van der Waals surface area contributed by atoms with Crippen LogP contribution >= 0.6 is 0 Å². The van der Waals surface area contributed by atoms with Gasteiger partial charge in [-0.05, 0) is 49.9 Å². The summed E-state index contributed by atoms with van der Waals surface area (Å²) in [5.74, 6) is 0.955. The SMILES string of the molecule is CCN1CCCC1CN(C)C(=NC)NCc1cccc(COC2CCOCC2)c1. The van der Waals surface area contributed by atoms with Crippen molar-refractivity contribution in [2.45, 2.75) is 57.9 Å². The number of hydrogen-bond donors (Lipinski definition) is 1. The van der Waals surface area contributed by atoms with Crippen molar-refractivity contribution in [3.63, 3.8) is 0 Å². The van der Waals surface area contributed by atoms with Crippen molar-refractivity contribution >= 4 is 5.96 Å². The summed E-state index contributed by atoms with van der Waals surface area (Å²) in [5, 5.41) is 3.53. The van der Waals surface area contributed by atoms with E-state index < -0.39 is 0 Å². The van der Waals surface area contributed by atoms with Crippen LogP contribution in [0.5, 0.6) is 0 Å². The molecule has 0 radical (unpaired) electrons. The molecule has 1 unspecified atom stereocenters. The number of guanidine groups is 1. The molecular formula is C23H38N4O2. The van der Waals surface area contributed by atoms with Gasteiger partial charge in [-0.25, -0.2) is 0 Å². The Labute approximate surface area is 176 Å². The number of aliphatic imine (C=N–C) groups is 1. The molecule has 2 heterocycles. The number of nitrogens with one attached hydrogen (secondary N) is 1. The number of rotatable bonds is 8. The van der Waals surface area contributed by atoms with Gasteiger partial charge in [0.05, 0.1) is 12.7 Å². The Morgan fingerprint density at radius 3 is 2.83 bits per heavy atom. The molecule has 1 aromatic rings. The summed E-state index contributed by atoms with van der Waals surface area (Å²) in [6, 6.07) is 9.28. The summed E-state index contributed by atoms with van der Waals surface area (Å²) < 4.78 is 11.5. The van der Waals surface area contributed by atoms with Crippen LogP contribution in [0.4, 0.5) is 0 Å². The van der Waals surface area contributed by atoms with E-state index in [1.54, 1.807) is 0 Å². The molecule has 2 saturated heterocycles. The van der Waals surface area contributed by atoms with Crippen LogP contribution in [0, 0.1) is 0 Å². The Morgan fingerprint density at radius 2 is 2.07 bits per heavy atom. The minimum absolute atomic E-state index is 0.330. The summed E-state index contributed by atoms with van der Waals surface area (Å²) in [7, 11) is 4.00. The standard InChI is InChI=1S/C23H38N4O2/c1-4-27-12-6-9-21(27)17-26(3)23(24-2)25-16-19-7-5-8-20(15-19)18-29-22-10-13-28-14-11-22/h5,7-8,15,21-22H,4,6,9-14,16-18H2,1-3H3,(H,24,25). The van der Waals surface area contributed by atoms with E-state index in [-0.39, 0.29) is 0 Å². The zero-order chi connectivity index (χ0) is 20.5. The van der Waals surface area contributed by atoms with E-state index in [0.29, 0.717) is 18.8 Å². The molecule has 2 aliphatic rings. The van der Waals surface area contributed by atoms with Crippen molar-refractivity contribution < 1.29 is 9.47 Å². The van der Waals surface area contributed by atoms with Crippen molar-refractivity contribution in [3.8, 4) is 0 Å². The highest BCUT2D eigenvalue weighted by Crippen LogP contribution is 2.17. The van der Waals surface area contributed by atoms with Gasteiger partial charge in [-0.3, -0.25) is 9.89 Å². The van der Waals surface area contributed by atoms with Crippen molar-refractivity contribution in [1.82, 2.24) is 15.1 Å². The minimum Gasteiger partial charge on any atom is -0.381 e. The van der Waals surface area contributed by atoms with Gasteiger partial charge in [0.1, 0.15) is 0 Å². The van der Waals surface area contributed by atoms with E-state index >= 15 is 0 Å². The van der Waals surface area contributed by atoms with Gasteiger partial charge in [0.15, 0.2) is 5.96 Å². The molecular weight excluding hydrogens is 364 g/mol. The van der Waals surface area contributed by atoms with Gasteiger partial charge in [-0.15, -0.1) is 0 Å². The monoisotopic (exact) mass is 402 g/mol. The van der Waals surface area contributed by atoms with E-state index in [0.717, 1.165) is 51.6 Å². The maximum absolute atomic E-state index is 6.07. The Balaban J connectivity index is 1.47. The second-order valence-electron chi connectivity index (χ2n) is 8.15. The third-order valence-corrected chi connectivity index (χ3v) is 6.06. The van der Waals surface area contributed by atoms with E-state index in [9.17, 15) is 0 Å². The number of hydrogen-bond acceptors (Lipinski definition) is 4. The molecule has 0 saturated carbocycles. The fourth-order valence-electron chi connectivity index (χ4n) is 4.37. The molecule has 0 aromatic heterocycles. The molecule has 1 N–H and O–H groups in total. The lowest BCUT2D eigenvalue weighted by atomic mass is 10.1. The molecule has 1 atom stereocenters. The molecule has 0 aliphatic carbocycles. The predicted molar refractivity (Wildman–Crippen MR) is 118 cm³/mol. The molecule has 6 nitrogen and oxygen atoms in total. The van der Waals surface area contributed by atoms with E-state index in [1.165, 1.54) is 30.5 Å². The maximum Gasteiger partial charge on any atom is 0.193 e. The summed E-state index contributed by atoms with van der Waals surface area (Å²) in [4.78, 5) is 9.33. The maximum atomic E-state index is 6.07. The average molecular weight is 403 g/mol. The van der Waals surface area contributed by atoms with Gasteiger partial charge in [0, 0.05) is 46.4 Å². The number of nitrogens with zero attached hydrogens (tertiary/aromatic N) is 3. The zero-order valence-electron chi connectivity index (χ0n) is 18.4. The molecule has 0 amide bonds. The van der Waals surface area contributed by atoms with Crippen LogP contribution in [0.15, 0.2) is 29.3 Å². The first-order valence-electron chi connectivity index (χ1n) is 11.1. The van der Waals surface area contributed by atoms with Crippen LogP contribution < -0.4 is 5.32 Å². The fourth-order valence-corrected chi connectivity index (χ4v) is 4.37. The van der Waals surface area contributed by atoms with Crippen LogP contribution in [0.3, 0.4) is 0 Å². The summed E-state index contributed by atoms with van der Waals surface area (Å²) in [6.07, 6.45) is 4.92. The van der Waals surface area contributed by atoms with Gasteiger partial charge >= 0.3 is 0 Å². The van der Waals surface area contributed by atoms with Crippen LogP contribution in [0.1, 0.15) is 43.7 Å². The number of benzene rings is 1. The Morgan fingerprint density at radius 1 is 1.28 bits per heavy atom. The van der Waals surface area contributed by atoms with Gasteiger partial charge in [0.2, 0.25) is 0 Å². The number of likely N-dealkylation sites (tertiary alicyclic amines) is 1. The predicted octanol–water partition coefficient (Wildman–Crippen LogP) is 2.87. The summed E-state index contributed by atoms with van der Waals surface area (Å²) >= 11 is 0.